The highest BCUT2D eigenvalue weighted by molar-refractivity contribution is 5.48. The van der Waals surface area contributed by atoms with Crippen LogP contribution >= 0.6 is 0 Å². The van der Waals surface area contributed by atoms with Crippen molar-refractivity contribution in [2.75, 3.05) is 32.7 Å². The van der Waals surface area contributed by atoms with Crippen molar-refractivity contribution in [1.29, 1.82) is 5.26 Å². The maximum Gasteiger partial charge on any atom is 0.0978 e. The summed E-state index contributed by atoms with van der Waals surface area (Å²) in [5.41, 5.74) is 1.25. The van der Waals surface area contributed by atoms with Crippen LogP contribution in [0.1, 0.15) is 25.3 Å². The van der Waals surface area contributed by atoms with E-state index in [1.807, 2.05) is 6.07 Å². The number of hydrogen-bond donors (Lipinski definition) is 0. The molecule has 1 saturated heterocycles. The summed E-state index contributed by atoms with van der Waals surface area (Å²) < 4.78 is 0. The van der Waals surface area contributed by atoms with Crippen molar-refractivity contribution in [1.82, 2.24) is 9.80 Å². The van der Waals surface area contributed by atoms with Crippen LogP contribution in [0, 0.1) is 11.3 Å². The second-order valence-corrected chi connectivity index (χ2v) is 5.58. The van der Waals surface area contributed by atoms with Crippen molar-refractivity contribution in [3.63, 3.8) is 0 Å². The predicted octanol–water partition coefficient (Wildman–Crippen LogP) is 3.01. The van der Waals surface area contributed by atoms with Crippen molar-refractivity contribution in [3.05, 3.63) is 42.0 Å². The average molecular weight is 283 g/mol. The monoisotopic (exact) mass is 283 g/mol. The van der Waals surface area contributed by atoms with Crippen LogP contribution in [0.3, 0.4) is 0 Å². The Labute approximate surface area is 128 Å². The Morgan fingerprint density at radius 1 is 1.19 bits per heavy atom. The molecule has 21 heavy (non-hydrogen) atoms. The van der Waals surface area contributed by atoms with Gasteiger partial charge in [0.05, 0.1) is 12.1 Å². The predicted molar refractivity (Wildman–Crippen MR) is 87.8 cm³/mol. The Hall–Kier alpha value is -1.63. The first-order chi connectivity index (χ1) is 10.3. The van der Waals surface area contributed by atoms with E-state index in [1.54, 1.807) is 0 Å². The van der Waals surface area contributed by atoms with Gasteiger partial charge >= 0.3 is 0 Å². The molecule has 1 aromatic rings. The Morgan fingerprint density at radius 3 is 2.52 bits per heavy atom. The Kier molecular flexibility index (Phi) is 6.46. The van der Waals surface area contributed by atoms with Gasteiger partial charge in [-0.15, -0.1) is 0 Å². The molecule has 0 spiro atoms. The normalized spacial score (nSPS) is 18.7. The minimum Gasteiger partial charge on any atom is -0.297 e. The van der Waals surface area contributed by atoms with Gasteiger partial charge < -0.3 is 0 Å². The number of hydrogen-bond acceptors (Lipinski definition) is 3. The van der Waals surface area contributed by atoms with Gasteiger partial charge in [0.2, 0.25) is 0 Å². The summed E-state index contributed by atoms with van der Waals surface area (Å²) in [5.74, 6) is 0. The Bertz CT molecular complexity index is 467. The zero-order valence-electron chi connectivity index (χ0n) is 12.9. The van der Waals surface area contributed by atoms with E-state index in [4.69, 9.17) is 0 Å². The first-order valence-corrected chi connectivity index (χ1v) is 7.91. The van der Waals surface area contributed by atoms with Gasteiger partial charge in [0.15, 0.2) is 0 Å². The van der Waals surface area contributed by atoms with Crippen LogP contribution < -0.4 is 0 Å². The lowest BCUT2D eigenvalue weighted by Gasteiger charge is -2.36. The van der Waals surface area contributed by atoms with Gasteiger partial charge in [-0.25, -0.2) is 0 Å². The minimum absolute atomic E-state index is 0.108. The second-order valence-electron chi connectivity index (χ2n) is 5.58. The summed E-state index contributed by atoms with van der Waals surface area (Å²) >= 11 is 0. The molecule has 0 bridgehead atoms. The number of piperazine rings is 1. The van der Waals surface area contributed by atoms with Gasteiger partial charge in [-0.3, -0.25) is 9.80 Å². The van der Waals surface area contributed by atoms with Crippen molar-refractivity contribution >= 4 is 6.08 Å². The zero-order valence-corrected chi connectivity index (χ0v) is 12.9. The molecule has 1 heterocycles. The fourth-order valence-corrected chi connectivity index (χ4v) is 2.76. The molecular weight excluding hydrogens is 258 g/mol. The molecule has 3 heteroatoms. The van der Waals surface area contributed by atoms with Crippen molar-refractivity contribution < 1.29 is 0 Å². The first kappa shape index (κ1) is 15.8. The van der Waals surface area contributed by atoms with Gasteiger partial charge in [0, 0.05) is 32.7 Å². The third kappa shape index (κ3) is 5.00. The maximum absolute atomic E-state index is 9.23. The second kappa shape index (κ2) is 8.61. The molecule has 0 amide bonds. The molecule has 1 unspecified atom stereocenters. The highest BCUT2D eigenvalue weighted by Gasteiger charge is 2.22. The molecule has 0 radical (unpaired) electrons. The SMILES string of the molecule is CCCC(C#N)N1CCN(CC=Cc2ccccc2)CC1. The summed E-state index contributed by atoms with van der Waals surface area (Å²) in [6.45, 7) is 7.28. The van der Waals surface area contributed by atoms with E-state index in [1.165, 1.54) is 5.56 Å². The number of benzene rings is 1. The zero-order chi connectivity index (χ0) is 14.9. The number of rotatable bonds is 6. The van der Waals surface area contributed by atoms with Crippen LogP contribution in [-0.2, 0) is 0 Å². The van der Waals surface area contributed by atoms with Crippen LogP contribution in [0.15, 0.2) is 36.4 Å². The van der Waals surface area contributed by atoms with Crippen molar-refractivity contribution in [2.24, 2.45) is 0 Å². The van der Waals surface area contributed by atoms with Crippen LogP contribution in [-0.4, -0.2) is 48.6 Å². The minimum atomic E-state index is 0.108. The molecule has 1 fully saturated rings. The molecule has 1 aliphatic heterocycles. The molecule has 1 aliphatic rings. The fraction of sp³-hybridized carbons (Fsp3) is 0.500. The summed E-state index contributed by atoms with van der Waals surface area (Å²) in [6.07, 6.45) is 6.49. The topological polar surface area (TPSA) is 30.3 Å². The maximum atomic E-state index is 9.23. The molecule has 0 saturated carbocycles. The Morgan fingerprint density at radius 2 is 1.90 bits per heavy atom. The van der Waals surface area contributed by atoms with Gasteiger partial charge in [0.1, 0.15) is 0 Å². The van der Waals surface area contributed by atoms with Gasteiger partial charge in [-0.2, -0.15) is 5.26 Å². The highest BCUT2D eigenvalue weighted by Crippen LogP contribution is 2.11. The van der Waals surface area contributed by atoms with Crippen LogP contribution in [0.25, 0.3) is 6.08 Å². The first-order valence-electron chi connectivity index (χ1n) is 7.91. The van der Waals surface area contributed by atoms with Gasteiger partial charge in [-0.1, -0.05) is 55.8 Å². The number of nitrogens with zero attached hydrogens (tertiary/aromatic N) is 3. The van der Waals surface area contributed by atoms with Crippen LogP contribution in [0.5, 0.6) is 0 Å². The van der Waals surface area contributed by atoms with Crippen LogP contribution in [0.2, 0.25) is 0 Å². The van der Waals surface area contributed by atoms with E-state index < -0.39 is 0 Å². The lowest BCUT2D eigenvalue weighted by atomic mass is 10.1. The lowest BCUT2D eigenvalue weighted by Crippen LogP contribution is -2.49. The third-order valence-electron chi connectivity index (χ3n) is 4.03. The largest absolute Gasteiger partial charge is 0.297 e. The smallest absolute Gasteiger partial charge is 0.0978 e. The fourth-order valence-electron chi connectivity index (χ4n) is 2.76. The summed E-state index contributed by atoms with van der Waals surface area (Å²) in [6, 6.07) is 13.0. The number of nitriles is 1. The van der Waals surface area contributed by atoms with Crippen LogP contribution in [0.4, 0.5) is 0 Å². The summed E-state index contributed by atoms with van der Waals surface area (Å²) in [5, 5.41) is 9.23. The van der Waals surface area contributed by atoms with Gasteiger partial charge in [0.25, 0.3) is 0 Å². The molecule has 0 aliphatic carbocycles. The van der Waals surface area contributed by atoms with E-state index in [2.05, 4.69) is 59.2 Å². The Balaban J connectivity index is 1.74. The van der Waals surface area contributed by atoms with E-state index in [-0.39, 0.29) is 6.04 Å². The summed E-state index contributed by atoms with van der Waals surface area (Å²) in [4.78, 5) is 4.79. The lowest BCUT2D eigenvalue weighted by molar-refractivity contribution is 0.119. The highest BCUT2D eigenvalue weighted by atomic mass is 15.3. The third-order valence-corrected chi connectivity index (χ3v) is 4.03. The molecule has 2 rings (SSSR count). The van der Waals surface area contributed by atoms with E-state index in [0.29, 0.717) is 0 Å². The van der Waals surface area contributed by atoms with E-state index in [0.717, 1.165) is 45.6 Å². The molecule has 3 nitrogen and oxygen atoms in total. The molecule has 1 atom stereocenters. The molecule has 0 aromatic heterocycles. The van der Waals surface area contributed by atoms with Gasteiger partial charge in [-0.05, 0) is 12.0 Å². The molecule has 1 aromatic carbocycles. The molecular formula is C18H25N3. The van der Waals surface area contributed by atoms with E-state index >= 15 is 0 Å². The van der Waals surface area contributed by atoms with Crippen molar-refractivity contribution in [2.45, 2.75) is 25.8 Å². The van der Waals surface area contributed by atoms with E-state index in [9.17, 15) is 5.26 Å². The molecule has 0 N–H and O–H groups in total. The quantitative estimate of drug-likeness (QED) is 0.804. The summed E-state index contributed by atoms with van der Waals surface area (Å²) in [7, 11) is 0. The molecule has 112 valence electrons. The average Bonchev–Trinajstić information content (AvgIpc) is 2.54. The van der Waals surface area contributed by atoms with Crippen molar-refractivity contribution in [3.8, 4) is 6.07 Å². The standard InChI is InChI=1S/C18H25N3/c1-2-7-18(16-19)21-14-12-20(13-15-21)11-6-10-17-8-4-3-5-9-17/h3-6,8-10,18H,2,7,11-15H2,1H3.